The first-order chi connectivity index (χ1) is 13.7. The number of hydrogen-bond acceptors (Lipinski definition) is 7. The van der Waals surface area contributed by atoms with Crippen LogP contribution < -0.4 is 14.7 Å². The number of benzene rings is 1. The molecule has 0 radical (unpaired) electrons. The highest BCUT2D eigenvalue weighted by Gasteiger charge is 2.21. The second-order valence-electron chi connectivity index (χ2n) is 7.00. The summed E-state index contributed by atoms with van der Waals surface area (Å²) in [5, 5.41) is 0. The first kappa shape index (κ1) is 18.2. The molecule has 0 unspecified atom stereocenters. The Labute approximate surface area is 165 Å². The summed E-state index contributed by atoms with van der Waals surface area (Å²) in [6.07, 6.45) is 3.58. The van der Waals surface area contributed by atoms with Crippen LogP contribution >= 0.6 is 0 Å². The van der Waals surface area contributed by atoms with Crippen LogP contribution in [0.5, 0.6) is 0 Å². The topological polar surface area (TPSA) is 61.3 Å². The van der Waals surface area contributed by atoms with Gasteiger partial charge in [0.2, 0.25) is 5.95 Å². The van der Waals surface area contributed by atoms with E-state index in [1.165, 1.54) is 5.56 Å². The van der Waals surface area contributed by atoms with Crippen LogP contribution in [-0.4, -0.2) is 53.2 Å². The molecule has 3 heterocycles. The van der Waals surface area contributed by atoms with Crippen LogP contribution in [0.2, 0.25) is 0 Å². The number of nitrogens with zero attached hydrogens (tertiary/aromatic N) is 7. The van der Waals surface area contributed by atoms with Crippen LogP contribution in [0.15, 0.2) is 54.9 Å². The third-order valence-corrected chi connectivity index (χ3v) is 4.90. The maximum absolute atomic E-state index is 4.68. The van der Waals surface area contributed by atoms with E-state index >= 15 is 0 Å². The first-order valence-corrected chi connectivity index (χ1v) is 9.57. The number of anilines is 3. The second-order valence-corrected chi connectivity index (χ2v) is 7.00. The average Bonchev–Trinajstić information content (AvgIpc) is 2.75. The van der Waals surface area contributed by atoms with E-state index < -0.39 is 0 Å². The van der Waals surface area contributed by atoms with Gasteiger partial charge in [-0.05, 0) is 18.6 Å². The molecule has 1 saturated heterocycles. The maximum atomic E-state index is 4.68. The van der Waals surface area contributed by atoms with Crippen LogP contribution in [0.4, 0.5) is 17.6 Å². The van der Waals surface area contributed by atoms with Gasteiger partial charge in [-0.15, -0.1) is 0 Å². The van der Waals surface area contributed by atoms with E-state index in [1.807, 2.05) is 19.1 Å². The molecule has 4 rings (SSSR count). The Morgan fingerprint density at radius 3 is 2.29 bits per heavy atom. The molecule has 3 aromatic rings. The zero-order chi connectivity index (χ0) is 19.3. The van der Waals surface area contributed by atoms with E-state index in [9.17, 15) is 0 Å². The Kier molecular flexibility index (Phi) is 5.32. The van der Waals surface area contributed by atoms with Gasteiger partial charge in [0.1, 0.15) is 17.5 Å². The van der Waals surface area contributed by atoms with E-state index in [0.717, 1.165) is 56.1 Å². The van der Waals surface area contributed by atoms with Crippen LogP contribution in [0.1, 0.15) is 11.4 Å². The molecule has 0 saturated carbocycles. The molecule has 0 spiro atoms. The summed E-state index contributed by atoms with van der Waals surface area (Å²) < 4.78 is 0. The summed E-state index contributed by atoms with van der Waals surface area (Å²) in [6, 6.07) is 14.4. The van der Waals surface area contributed by atoms with Gasteiger partial charge in [0.05, 0.1) is 0 Å². The monoisotopic (exact) mass is 375 g/mol. The Hall–Kier alpha value is -3.22. The predicted octanol–water partition coefficient (Wildman–Crippen LogP) is 2.54. The highest BCUT2D eigenvalue weighted by Crippen LogP contribution is 2.22. The van der Waals surface area contributed by atoms with Crippen molar-refractivity contribution in [2.75, 3.05) is 47.9 Å². The number of piperazine rings is 1. The SMILES string of the molecule is Cc1nc(N(C)Cc2ccccc2)cc(N2CCN(c3ncccn3)CC2)n1. The fourth-order valence-corrected chi connectivity index (χ4v) is 3.42. The summed E-state index contributed by atoms with van der Waals surface area (Å²) in [6.45, 7) is 6.30. The lowest BCUT2D eigenvalue weighted by Crippen LogP contribution is -2.47. The molecule has 7 nitrogen and oxygen atoms in total. The lowest BCUT2D eigenvalue weighted by atomic mass is 10.2. The molecular weight excluding hydrogens is 350 g/mol. The van der Waals surface area contributed by atoms with Crippen molar-refractivity contribution in [2.45, 2.75) is 13.5 Å². The third-order valence-electron chi connectivity index (χ3n) is 4.90. The van der Waals surface area contributed by atoms with E-state index in [2.05, 4.69) is 72.0 Å². The zero-order valence-corrected chi connectivity index (χ0v) is 16.4. The van der Waals surface area contributed by atoms with Gasteiger partial charge in [0, 0.05) is 58.2 Å². The zero-order valence-electron chi connectivity index (χ0n) is 16.4. The summed E-state index contributed by atoms with van der Waals surface area (Å²) in [5.41, 5.74) is 1.26. The molecule has 1 aromatic carbocycles. The Bertz CT molecular complexity index is 893. The molecule has 7 heteroatoms. The average molecular weight is 375 g/mol. The van der Waals surface area contributed by atoms with Gasteiger partial charge in [-0.1, -0.05) is 30.3 Å². The predicted molar refractivity (Wildman–Crippen MR) is 112 cm³/mol. The lowest BCUT2D eigenvalue weighted by Gasteiger charge is -2.35. The fraction of sp³-hybridized carbons (Fsp3) is 0.333. The fourth-order valence-electron chi connectivity index (χ4n) is 3.42. The molecule has 1 aliphatic heterocycles. The normalized spacial score (nSPS) is 14.2. The van der Waals surface area contributed by atoms with Crippen LogP contribution in [0, 0.1) is 6.92 Å². The van der Waals surface area contributed by atoms with E-state index in [-0.39, 0.29) is 0 Å². The van der Waals surface area contributed by atoms with Gasteiger partial charge in [-0.25, -0.2) is 19.9 Å². The Morgan fingerprint density at radius 1 is 0.893 bits per heavy atom. The van der Waals surface area contributed by atoms with E-state index in [0.29, 0.717) is 0 Å². The molecule has 1 aliphatic rings. The minimum Gasteiger partial charge on any atom is -0.355 e. The molecule has 0 aliphatic carbocycles. The summed E-state index contributed by atoms with van der Waals surface area (Å²) >= 11 is 0. The summed E-state index contributed by atoms with van der Waals surface area (Å²) in [4.78, 5) is 24.7. The number of rotatable bonds is 5. The maximum Gasteiger partial charge on any atom is 0.225 e. The molecule has 0 bridgehead atoms. The first-order valence-electron chi connectivity index (χ1n) is 9.57. The molecule has 2 aromatic heterocycles. The minimum atomic E-state index is 0.793. The number of aryl methyl sites for hydroxylation is 1. The van der Waals surface area contributed by atoms with Crippen LogP contribution in [0.25, 0.3) is 0 Å². The largest absolute Gasteiger partial charge is 0.355 e. The molecular formula is C21H25N7. The van der Waals surface area contributed by atoms with Gasteiger partial charge >= 0.3 is 0 Å². The van der Waals surface area contributed by atoms with Gasteiger partial charge in [0.15, 0.2) is 0 Å². The Balaban J connectivity index is 1.45. The highest BCUT2D eigenvalue weighted by atomic mass is 15.3. The van der Waals surface area contributed by atoms with Crippen molar-refractivity contribution in [3.05, 3.63) is 66.2 Å². The quantitative estimate of drug-likeness (QED) is 0.679. The van der Waals surface area contributed by atoms with Crippen molar-refractivity contribution >= 4 is 17.6 Å². The van der Waals surface area contributed by atoms with Gasteiger partial charge in [-0.2, -0.15) is 0 Å². The molecule has 0 amide bonds. The van der Waals surface area contributed by atoms with E-state index in [1.54, 1.807) is 12.4 Å². The second kappa shape index (κ2) is 8.21. The molecule has 0 atom stereocenters. The molecule has 1 fully saturated rings. The third kappa shape index (κ3) is 4.19. The molecule has 144 valence electrons. The number of aromatic nitrogens is 4. The molecule has 0 N–H and O–H groups in total. The van der Waals surface area contributed by atoms with Crippen molar-refractivity contribution in [3.63, 3.8) is 0 Å². The highest BCUT2D eigenvalue weighted by molar-refractivity contribution is 5.52. The van der Waals surface area contributed by atoms with Crippen molar-refractivity contribution in [2.24, 2.45) is 0 Å². The van der Waals surface area contributed by atoms with Crippen LogP contribution in [0.3, 0.4) is 0 Å². The van der Waals surface area contributed by atoms with Crippen LogP contribution in [-0.2, 0) is 6.54 Å². The van der Waals surface area contributed by atoms with Crippen molar-refractivity contribution < 1.29 is 0 Å². The summed E-state index contributed by atoms with van der Waals surface area (Å²) in [5.74, 6) is 3.52. The van der Waals surface area contributed by atoms with Crippen molar-refractivity contribution in [3.8, 4) is 0 Å². The smallest absolute Gasteiger partial charge is 0.225 e. The van der Waals surface area contributed by atoms with Gasteiger partial charge in [-0.3, -0.25) is 0 Å². The van der Waals surface area contributed by atoms with Gasteiger partial charge in [0.25, 0.3) is 0 Å². The standard InChI is InChI=1S/C21H25N7/c1-17-24-19(26(2)16-18-7-4-3-5-8-18)15-20(25-17)27-11-13-28(14-12-27)21-22-9-6-10-23-21/h3-10,15H,11-14,16H2,1-2H3. The summed E-state index contributed by atoms with van der Waals surface area (Å²) in [7, 11) is 2.07. The van der Waals surface area contributed by atoms with Crippen molar-refractivity contribution in [1.29, 1.82) is 0 Å². The van der Waals surface area contributed by atoms with Crippen molar-refractivity contribution in [1.82, 2.24) is 19.9 Å². The lowest BCUT2D eigenvalue weighted by molar-refractivity contribution is 0.633. The van der Waals surface area contributed by atoms with E-state index in [4.69, 9.17) is 0 Å². The number of hydrogen-bond donors (Lipinski definition) is 0. The minimum absolute atomic E-state index is 0.793. The van der Waals surface area contributed by atoms with Gasteiger partial charge < -0.3 is 14.7 Å². The molecule has 28 heavy (non-hydrogen) atoms. The Morgan fingerprint density at radius 2 is 1.57 bits per heavy atom.